The highest BCUT2D eigenvalue weighted by Crippen LogP contribution is 2.23. The molecule has 4 heteroatoms. The zero-order chi connectivity index (χ0) is 12.4. The Labute approximate surface area is 110 Å². The van der Waals surface area contributed by atoms with Crippen molar-refractivity contribution in [3.05, 3.63) is 28.5 Å². The summed E-state index contributed by atoms with van der Waals surface area (Å²) in [6, 6.07) is 2.09. The topological polar surface area (TPSA) is 21.1 Å². The highest BCUT2D eigenvalue weighted by Gasteiger charge is 2.10. The van der Waals surface area contributed by atoms with Gasteiger partial charge in [-0.3, -0.25) is 0 Å². The lowest BCUT2D eigenvalue weighted by atomic mass is 10.2. The summed E-state index contributed by atoms with van der Waals surface area (Å²) in [4.78, 5) is 6.56. The molecule has 0 fully saturated rings. The quantitative estimate of drug-likeness (QED) is 0.810. The molecule has 2 rings (SSSR count). The van der Waals surface area contributed by atoms with Crippen molar-refractivity contribution in [1.82, 2.24) is 14.5 Å². The predicted octanol–water partition coefficient (Wildman–Crippen LogP) is 2.49. The summed E-state index contributed by atoms with van der Waals surface area (Å²) in [5, 5.41) is 1.16. The molecule has 0 saturated heterocycles. The van der Waals surface area contributed by atoms with Gasteiger partial charge in [-0.15, -0.1) is 6.42 Å². The minimum atomic E-state index is 0.554. The molecule has 0 atom stereocenters. The smallest absolute Gasteiger partial charge is 0.141 e. The highest BCUT2D eigenvalue weighted by atomic mass is 79.9. The van der Waals surface area contributed by atoms with Crippen LogP contribution in [0, 0.1) is 12.3 Å². The first kappa shape index (κ1) is 12.2. The van der Waals surface area contributed by atoms with Crippen LogP contribution >= 0.6 is 15.9 Å². The average molecular weight is 292 g/mol. The van der Waals surface area contributed by atoms with Crippen molar-refractivity contribution in [2.75, 3.05) is 14.1 Å². The number of terminal acetylenes is 1. The second kappa shape index (κ2) is 4.91. The fraction of sp³-hybridized carbons (Fsp3) is 0.308. The molecule has 0 N–H and O–H groups in total. The Morgan fingerprint density at radius 1 is 1.53 bits per heavy atom. The second-order valence-corrected chi connectivity index (χ2v) is 5.16. The van der Waals surface area contributed by atoms with Crippen molar-refractivity contribution in [2.24, 2.45) is 0 Å². The van der Waals surface area contributed by atoms with E-state index in [9.17, 15) is 0 Å². The highest BCUT2D eigenvalue weighted by molar-refractivity contribution is 9.10. The van der Waals surface area contributed by atoms with Gasteiger partial charge in [0.2, 0.25) is 0 Å². The van der Waals surface area contributed by atoms with Gasteiger partial charge in [-0.25, -0.2) is 4.98 Å². The van der Waals surface area contributed by atoms with Crippen LogP contribution in [-0.4, -0.2) is 28.5 Å². The molecule has 2 aromatic rings. The minimum Gasteiger partial charge on any atom is -0.321 e. The number of aromatic nitrogens is 2. The maximum atomic E-state index is 5.37. The van der Waals surface area contributed by atoms with E-state index in [1.54, 1.807) is 6.20 Å². The molecular weight excluding hydrogens is 278 g/mol. The van der Waals surface area contributed by atoms with E-state index in [2.05, 4.69) is 58.1 Å². The summed E-state index contributed by atoms with van der Waals surface area (Å²) < 4.78 is 3.00. The largest absolute Gasteiger partial charge is 0.321 e. The summed E-state index contributed by atoms with van der Waals surface area (Å²) >= 11 is 3.46. The van der Waals surface area contributed by atoms with Crippen LogP contribution in [-0.2, 0) is 13.1 Å². The predicted molar refractivity (Wildman–Crippen MR) is 73.7 cm³/mol. The van der Waals surface area contributed by atoms with Crippen molar-refractivity contribution in [3.63, 3.8) is 0 Å². The number of fused-ring (bicyclic) bond motifs is 1. The number of hydrogen-bond acceptors (Lipinski definition) is 2. The van der Waals surface area contributed by atoms with Crippen molar-refractivity contribution >= 4 is 27.0 Å². The molecule has 88 valence electrons. The van der Waals surface area contributed by atoms with Crippen molar-refractivity contribution in [3.8, 4) is 12.3 Å². The van der Waals surface area contributed by atoms with E-state index in [1.165, 1.54) is 5.56 Å². The summed E-state index contributed by atoms with van der Waals surface area (Å²) in [7, 11) is 4.10. The summed E-state index contributed by atoms with van der Waals surface area (Å²) in [5.41, 5.74) is 2.19. The summed E-state index contributed by atoms with van der Waals surface area (Å²) in [6.07, 6.45) is 9.26. The Morgan fingerprint density at radius 2 is 2.29 bits per heavy atom. The van der Waals surface area contributed by atoms with E-state index in [1.807, 2.05) is 4.57 Å². The van der Waals surface area contributed by atoms with E-state index in [0.717, 1.165) is 22.1 Å². The lowest BCUT2D eigenvalue weighted by Gasteiger charge is -2.07. The maximum absolute atomic E-state index is 5.37. The van der Waals surface area contributed by atoms with Gasteiger partial charge in [-0.2, -0.15) is 0 Å². The molecule has 0 aliphatic heterocycles. The Kier molecular flexibility index (Phi) is 3.51. The number of rotatable bonds is 3. The third-order valence-corrected chi connectivity index (χ3v) is 2.94. The molecule has 3 nitrogen and oxygen atoms in total. The molecule has 0 aliphatic rings. The lowest BCUT2D eigenvalue weighted by molar-refractivity contribution is 0.403. The number of hydrogen-bond donors (Lipinski definition) is 0. The van der Waals surface area contributed by atoms with Crippen LogP contribution in [0.4, 0.5) is 0 Å². The van der Waals surface area contributed by atoms with Gasteiger partial charge in [0.15, 0.2) is 0 Å². The minimum absolute atomic E-state index is 0.554. The van der Waals surface area contributed by atoms with Gasteiger partial charge in [0.05, 0.1) is 6.54 Å². The first-order valence-electron chi connectivity index (χ1n) is 5.33. The Bertz CT molecular complexity index is 578. The van der Waals surface area contributed by atoms with Crippen LogP contribution in [0.5, 0.6) is 0 Å². The molecular formula is C13H14BrN3. The number of pyridine rings is 1. The van der Waals surface area contributed by atoms with E-state index in [4.69, 9.17) is 6.42 Å². The van der Waals surface area contributed by atoms with Crippen molar-refractivity contribution in [1.29, 1.82) is 0 Å². The van der Waals surface area contributed by atoms with E-state index < -0.39 is 0 Å². The molecule has 2 heterocycles. The first-order valence-corrected chi connectivity index (χ1v) is 6.12. The lowest BCUT2D eigenvalue weighted by Crippen LogP contribution is -2.10. The zero-order valence-corrected chi connectivity index (χ0v) is 11.5. The molecule has 0 aromatic carbocycles. The fourth-order valence-corrected chi connectivity index (χ4v) is 2.23. The number of halogens is 1. The number of nitrogens with zero attached hydrogens (tertiary/aromatic N) is 3. The molecule has 2 aromatic heterocycles. The SMILES string of the molecule is C#CCn1cc(CN(C)C)c2cc(Br)cnc21. The van der Waals surface area contributed by atoms with Gasteiger partial charge < -0.3 is 9.47 Å². The Hall–Kier alpha value is -1.31. The molecule has 0 aliphatic carbocycles. The fourth-order valence-electron chi connectivity index (χ4n) is 1.90. The van der Waals surface area contributed by atoms with Crippen LogP contribution < -0.4 is 0 Å². The van der Waals surface area contributed by atoms with Crippen LogP contribution in [0.25, 0.3) is 11.0 Å². The van der Waals surface area contributed by atoms with Crippen LogP contribution in [0.3, 0.4) is 0 Å². The Morgan fingerprint density at radius 3 is 2.94 bits per heavy atom. The van der Waals surface area contributed by atoms with E-state index in [0.29, 0.717) is 6.54 Å². The molecule has 0 spiro atoms. The molecule has 0 bridgehead atoms. The Balaban J connectivity index is 2.59. The van der Waals surface area contributed by atoms with Gasteiger partial charge in [0.25, 0.3) is 0 Å². The van der Waals surface area contributed by atoms with Gasteiger partial charge >= 0.3 is 0 Å². The normalized spacial score (nSPS) is 11.0. The van der Waals surface area contributed by atoms with Gasteiger partial charge in [0, 0.05) is 28.8 Å². The zero-order valence-electron chi connectivity index (χ0n) is 9.94. The van der Waals surface area contributed by atoms with Gasteiger partial charge in [0.1, 0.15) is 5.65 Å². The molecule has 0 unspecified atom stereocenters. The van der Waals surface area contributed by atoms with Crippen molar-refractivity contribution in [2.45, 2.75) is 13.1 Å². The van der Waals surface area contributed by atoms with Gasteiger partial charge in [-0.1, -0.05) is 5.92 Å². The maximum Gasteiger partial charge on any atom is 0.141 e. The van der Waals surface area contributed by atoms with Gasteiger partial charge in [-0.05, 0) is 41.7 Å². The monoisotopic (exact) mass is 291 g/mol. The van der Waals surface area contributed by atoms with Crippen molar-refractivity contribution < 1.29 is 0 Å². The van der Waals surface area contributed by atoms with Crippen LogP contribution in [0.2, 0.25) is 0 Å². The standard InChI is InChI=1S/C13H14BrN3/c1-4-5-17-9-10(8-16(2)3)12-6-11(14)7-15-13(12)17/h1,6-7,9H,5,8H2,2-3H3. The van der Waals surface area contributed by atoms with E-state index in [-0.39, 0.29) is 0 Å². The molecule has 0 amide bonds. The second-order valence-electron chi connectivity index (χ2n) is 4.25. The van der Waals surface area contributed by atoms with E-state index >= 15 is 0 Å². The third kappa shape index (κ3) is 2.51. The van der Waals surface area contributed by atoms with Crippen LogP contribution in [0.15, 0.2) is 22.9 Å². The summed E-state index contributed by atoms with van der Waals surface area (Å²) in [6.45, 7) is 1.44. The first-order chi connectivity index (χ1) is 8.11. The summed E-state index contributed by atoms with van der Waals surface area (Å²) in [5.74, 6) is 2.66. The molecule has 0 radical (unpaired) electrons. The van der Waals surface area contributed by atoms with Crippen LogP contribution in [0.1, 0.15) is 5.56 Å². The molecule has 0 saturated carbocycles. The average Bonchev–Trinajstić information content (AvgIpc) is 2.56. The third-order valence-electron chi connectivity index (χ3n) is 2.51. The molecule has 17 heavy (non-hydrogen) atoms.